The molecule has 3 atom stereocenters. The fraction of sp³-hybridized carbons (Fsp3) is 0.367. The Morgan fingerprint density at radius 1 is 0.944 bits per heavy atom. The van der Waals surface area contributed by atoms with Gasteiger partial charge in [0, 0.05) is 17.2 Å². The van der Waals surface area contributed by atoms with Crippen LogP contribution >= 0.6 is 0 Å². The monoisotopic (exact) mass is 479 g/mol. The number of aliphatic hydroxyl groups is 1. The van der Waals surface area contributed by atoms with Gasteiger partial charge in [0.2, 0.25) is 5.82 Å². The minimum Gasteiger partial charge on any atom is -0.487 e. The Balaban J connectivity index is 1.16. The molecule has 2 aromatic carbocycles. The second-order valence-electron chi connectivity index (χ2n) is 10.7. The van der Waals surface area contributed by atoms with Gasteiger partial charge in [0.25, 0.3) is 5.89 Å². The van der Waals surface area contributed by atoms with Crippen LogP contribution in [0.4, 0.5) is 0 Å². The van der Waals surface area contributed by atoms with Gasteiger partial charge < -0.3 is 14.4 Å². The van der Waals surface area contributed by atoms with E-state index >= 15 is 0 Å². The van der Waals surface area contributed by atoms with Crippen LogP contribution in [0.1, 0.15) is 61.2 Å². The van der Waals surface area contributed by atoms with Gasteiger partial charge in [-0.25, -0.2) is 0 Å². The van der Waals surface area contributed by atoms with E-state index in [1.54, 1.807) is 6.20 Å². The molecule has 182 valence electrons. The molecule has 3 aliphatic carbocycles. The van der Waals surface area contributed by atoms with Crippen LogP contribution in [0, 0.1) is 11.8 Å². The first-order valence-corrected chi connectivity index (χ1v) is 12.9. The predicted molar refractivity (Wildman–Crippen MR) is 134 cm³/mol. The van der Waals surface area contributed by atoms with Crippen molar-refractivity contribution in [2.24, 2.45) is 11.8 Å². The molecule has 3 aliphatic rings. The fourth-order valence-corrected chi connectivity index (χ4v) is 6.47. The Kier molecular flexibility index (Phi) is 5.00. The number of aromatic nitrogens is 3. The van der Waals surface area contributed by atoms with E-state index in [1.165, 1.54) is 36.8 Å². The van der Waals surface area contributed by atoms with E-state index in [2.05, 4.69) is 63.7 Å². The molecular formula is C30H29N3O3. The summed E-state index contributed by atoms with van der Waals surface area (Å²) >= 11 is 0. The third-order valence-corrected chi connectivity index (χ3v) is 8.54. The van der Waals surface area contributed by atoms with Crippen LogP contribution in [0.5, 0.6) is 5.75 Å². The highest BCUT2D eigenvalue weighted by Crippen LogP contribution is 2.60. The number of fused-ring (bicyclic) bond motifs is 2. The van der Waals surface area contributed by atoms with E-state index in [9.17, 15) is 5.11 Å². The van der Waals surface area contributed by atoms with Crippen molar-refractivity contribution in [2.45, 2.75) is 56.1 Å². The summed E-state index contributed by atoms with van der Waals surface area (Å²) in [6, 6.07) is 23.3. The van der Waals surface area contributed by atoms with Crippen LogP contribution in [-0.4, -0.2) is 20.2 Å². The minimum atomic E-state index is -0.911. The zero-order valence-corrected chi connectivity index (χ0v) is 20.1. The second-order valence-corrected chi connectivity index (χ2v) is 10.7. The van der Waals surface area contributed by atoms with Crippen LogP contribution in [-0.2, 0) is 17.6 Å². The Labute approximate surface area is 210 Å². The highest BCUT2D eigenvalue weighted by atomic mass is 16.5. The number of hydrogen-bond donors (Lipinski definition) is 1. The number of benzene rings is 2. The van der Waals surface area contributed by atoms with Crippen LogP contribution < -0.4 is 4.74 Å². The van der Waals surface area contributed by atoms with Crippen molar-refractivity contribution in [1.82, 2.24) is 15.1 Å². The molecule has 3 saturated carbocycles. The Bertz CT molecular complexity index is 1360. The molecule has 0 spiro atoms. The third-order valence-electron chi connectivity index (χ3n) is 8.54. The van der Waals surface area contributed by atoms with Gasteiger partial charge in [-0.3, -0.25) is 4.98 Å². The number of rotatable bonds is 7. The first-order chi connectivity index (χ1) is 17.6. The van der Waals surface area contributed by atoms with E-state index in [-0.39, 0.29) is 5.41 Å². The molecule has 0 unspecified atom stereocenters. The summed E-state index contributed by atoms with van der Waals surface area (Å²) in [5, 5.41) is 14.4. The van der Waals surface area contributed by atoms with Crippen molar-refractivity contribution in [3.05, 3.63) is 95.6 Å². The topological polar surface area (TPSA) is 81.3 Å². The maximum Gasteiger partial charge on any atom is 0.258 e. The van der Waals surface area contributed by atoms with E-state index in [4.69, 9.17) is 9.26 Å². The zero-order chi connectivity index (χ0) is 24.2. The molecule has 3 fully saturated rings. The molecule has 4 aromatic rings. The minimum absolute atomic E-state index is 0.0204. The summed E-state index contributed by atoms with van der Waals surface area (Å²) in [6.45, 7) is 0.465. The average Bonchev–Trinajstić information content (AvgIpc) is 3.32. The van der Waals surface area contributed by atoms with Gasteiger partial charge in [-0.2, -0.15) is 4.98 Å². The number of ether oxygens (including phenoxy) is 1. The van der Waals surface area contributed by atoms with Crippen molar-refractivity contribution in [3.8, 4) is 17.1 Å². The van der Waals surface area contributed by atoms with Gasteiger partial charge >= 0.3 is 0 Å². The predicted octanol–water partition coefficient (Wildman–Crippen LogP) is 5.80. The smallest absolute Gasteiger partial charge is 0.258 e. The summed E-state index contributed by atoms with van der Waals surface area (Å²) in [6.07, 6.45) is 8.26. The Hall–Kier alpha value is -3.51. The zero-order valence-electron chi connectivity index (χ0n) is 20.1. The largest absolute Gasteiger partial charge is 0.487 e. The van der Waals surface area contributed by atoms with Gasteiger partial charge in [0.15, 0.2) is 0 Å². The SMILES string of the molecule is OC1(c2nc(-c3ccc([C@]4(c5ccc(OCc6ccccn6)cc5)C[C@@H]5CC[C@H]4C5)cc3)no2)CC1. The summed E-state index contributed by atoms with van der Waals surface area (Å²) < 4.78 is 11.3. The lowest BCUT2D eigenvalue weighted by Crippen LogP contribution is -2.34. The molecule has 0 amide bonds. The molecule has 0 saturated heterocycles. The Morgan fingerprint density at radius 3 is 2.36 bits per heavy atom. The number of pyridine rings is 1. The molecule has 0 radical (unpaired) electrons. The van der Waals surface area contributed by atoms with Gasteiger partial charge in [-0.1, -0.05) is 54.0 Å². The van der Waals surface area contributed by atoms with Gasteiger partial charge in [0.1, 0.15) is 18.0 Å². The number of nitrogens with zero attached hydrogens (tertiary/aromatic N) is 3. The first kappa shape index (κ1) is 21.7. The molecule has 7 rings (SSSR count). The molecule has 2 aromatic heterocycles. The number of hydrogen-bond acceptors (Lipinski definition) is 6. The highest BCUT2D eigenvalue weighted by molar-refractivity contribution is 5.57. The van der Waals surface area contributed by atoms with Gasteiger partial charge in [0.05, 0.1) is 5.69 Å². The molecule has 36 heavy (non-hydrogen) atoms. The van der Waals surface area contributed by atoms with Crippen molar-refractivity contribution in [1.29, 1.82) is 0 Å². The molecule has 2 bridgehead atoms. The second kappa shape index (κ2) is 8.27. The van der Waals surface area contributed by atoms with Gasteiger partial charge in [-0.15, -0.1) is 0 Å². The molecule has 0 aliphatic heterocycles. The van der Waals surface area contributed by atoms with E-state index in [0.29, 0.717) is 37.1 Å². The van der Waals surface area contributed by atoms with Crippen LogP contribution in [0.25, 0.3) is 11.4 Å². The molecule has 1 N–H and O–H groups in total. The van der Waals surface area contributed by atoms with Crippen LogP contribution in [0.3, 0.4) is 0 Å². The van der Waals surface area contributed by atoms with Gasteiger partial charge in [-0.05, 0) is 79.3 Å². The van der Waals surface area contributed by atoms with Crippen molar-refractivity contribution >= 4 is 0 Å². The summed E-state index contributed by atoms with van der Waals surface area (Å²) in [5.74, 6) is 3.16. The standard InChI is InChI=1S/C30H29N3O3/c34-29(14-15-29)28-32-27(33-36-28)21-5-8-22(9-6-21)30(18-20-4-7-24(30)17-20)23-10-12-26(13-11-23)35-19-25-3-1-2-16-31-25/h1-3,5-6,8-13,16,20,24,34H,4,7,14-15,17-19H2/t20-,24+,30+/m1/s1. The van der Waals surface area contributed by atoms with Crippen molar-refractivity contribution in [3.63, 3.8) is 0 Å². The van der Waals surface area contributed by atoms with Crippen molar-refractivity contribution < 1.29 is 14.4 Å². The summed E-state index contributed by atoms with van der Waals surface area (Å²) in [4.78, 5) is 8.80. The highest BCUT2D eigenvalue weighted by Gasteiger charge is 2.52. The lowest BCUT2D eigenvalue weighted by molar-refractivity contribution is 0.108. The van der Waals surface area contributed by atoms with E-state index in [1.807, 2.05) is 18.2 Å². The third kappa shape index (κ3) is 3.63. The summed E-state index contributed by atoms with van der Waals surface area (Å²) in [5.41, 5.74) is 3.66. The van der Waals surface area contributed by atoms with E-state index < -0.39 is 5.60 Å². The molecule has 6 nitrogen and oxygen atoms in total. The Morgan fingerprint density at radius 2 is 1.72 bits per heavy atom. The van der Waals surface area contributed by atoms with Crippen molar-refractivity contribution in [2.75, 3.05) is 0 Å². The molecule has 6 heteroatoms. The normalized spacial score (nSPS) is 25.7. The van der Waals surface area contributed by atoms with Crippen LogP contribution in [0.2, 0.25) is 0 Å². The van der Waals surface area contributed by atoms with Crippen LogP contribution in [0.15, 0.2) is 77.4 Å². The maximum absolute atomic E-state index is 10.3. The average molecular weight is 480 g/mol. The van der Waals surface area contributed by atoms with E-state index in [0.717, 1.165) is 22.9 Å². The fourth-order valence-electron chi connectivity index (χ4n) is 6.47. The quantitative estimate of drug-likeness (QED) is 0.361. The molecular weight excluding hydrogens is 450 g/mol. The summed E-state index contributed by atoms with van der Waals surface area (Å²) in [7, 11) is 0. The maximum atomic E-state index is 10.3. The molecule has 2 heterocycles. The lowest BCUT2D eigenvalue weighted by Gasteiger charge is -2.39. The lowest BCUT2D eigenvalue weighted by atomic mass is 9.64. The first-order valence-electron chi connectivity index (χ1n) is 12.9.